The van der Waals surface area contributed by atoms with Gasteiger partial charge in [-0.3, -0.25) is 4.90 Å². The predicted molar refractivity (Wildman–Crippen MR) is 92.4 cm³/mol. The van der Waals surface area contributed by atoms with Crippen LogP contribution in [0.2, 0.25) is 5.02 Å². The van der Waals surface area contributed by atoms with Gasteiger partial charge in [-0.05, 0) is 29.8 Å². The van der Waals surface area contributed by atoms with Crippen molar-refractivity contribution in [2.24, 2.45) is 0 Å². The number of anilines is 1. The Labute approximate surface area is 133 Å². The van der Waals surface area contributed by atoms with Crippen LogP contribution in [0.5, 0.6) is 0 Å². The van der Waals surface area contributed by atoms with E-state index in [1.165, 1.54) is 11.3 Å². The van der Waals surface area contributed by atoms with E-state index in [-0.39, 0.29) is 0 Å². The zero-order valence-electron chi connectivity index (χ0n) is 13.1. The Hall–Kier alpha value is -1.03. The molecule has 1 N–H and O–H groups in total. The summed E-state index contributed by atoms with van der Waals surface area (Å²) >= 11 is 5.94. The fourth-order valence-electron chi connectivity index (χ4n) is 2.54. The van der Waals surface area contributed by atoms with Crippen LogP contribution in [0.3, 0.4) is 0 Å². The van der Waals surface area contributed by atoms with E-state index in [0.29, 0.717) is 6.04 Å². The number of rotatable bonds is 6. The van der Waals surface area contributed by atoms with E-state index in [0.717, 1.165) is 44.3 Å². The first kappa shape index (κ1) is 16.3. The third-order valence-electron chi connectivity index (χ3n) is 3.77. The van der Waals surface area contributed by atoms with Crippen molar-refractivity contribution >= 4 is 17.3 Å². The summed E-state index contributed by atoms with van der Waals surface area (Å²) in [6, 6.07) is 8.64. The molecular formula is C17H26ClN3. The van der Waals surface area contributed by atoms with E-state index >= 15 is 0 Å². The van der Waals surface area contributed by atoms with Gasteiger partial charge in [-0.2, -0.15) is 0 Å². The molecule has 1 saturated heterocycles. The molecule has 1 heterocycles. The molecule has 0 spiro atoms. The van der Waals surface area contributed by atoms with Crippen molar-refractivity contribution in [2.75, 3.05) is 44.2 Å². The zero-order valence-corrected chi connectivity index (χ0v) is 13.9. The molecule has 0 unspecified atom stereocenters. The van der Waals surface area contributed by atoms with Crippen LogP contribution >= 0.6 is 11.6 Å². The van der Waals surface area contributed by atoms with Crippen LogP contribution in [0, 0.1) is 0 Å². The molecular weight excluding hydrogens is 282 g/mol. The average Bonchev–Trinajstić information content (AvgIpc) is 2.47. The highest BCUT2D eigenvalue weighted by Crippen LogP contribution is 2.19. The Kier molecular flexibility index (Phi) is 6.09. The summed E-state index contributed by atoms with van der Waals surface area (Å²) in [6.07, 6.45) is 0. The van der Waals surface area contributed by atoms with E-state index in [9.17, 15) is 0 Å². The Morgan fingerprint density at radius 2 is 1.81 bits per heavy atom. The number of benzene rings is 1. The summed E-state index contributed by atoms with van der Waals surface area (Å²) < 4.78 is 0. The lowest BCUT2D eigenvalue weighted by Crippen LogP contribution is -2.47. The smallest absolute Gasteiger partial charge is 0.0407 e. The van der Waals surface area contributed by atoms with Gasteiger partial charge in [0.2, 0.25) is 0 Å². The first-order valence-electron chi connectivity index (χ1n) is 7.67. The van der Waals surface area contributed by atoms with Crippen molar-refractivity contribution in [1.82, 2.24) is 10.2 Å². The summed E-state index contributed by atoms with van der Waals surface area (Å²) in [6.45, 7) is 14.7. The monoisotopic (exact) mass is 307 g/mol. The van der Waals surface area contributed by atoms with Crippen molar-refractivity contribution in [3.05, 3.63) is 41.4 Å². The zero-order chi connectivity index (χ0) is 15.2. The quantitative estimate of drug-likeness (QED) is 0.815. The summed E-state index contributed by atoms with van der Waals surface area (Å²) in [5.41, 5.74) is 2.53. The molecule has 1 aromatic rings. The molecule has 116 valence electrons. The number of piperazine rings is 1. The molecule has 1 aliphatic rings. The van der Waals surface area contributed by atoms with Gasteiger partial charge in [0.25, 0.3) is 0 Å². The molecule has 21 heavy (non-hydrogen) atoms. The largest absolute Gasteiger partial charge is 0.369 e. The fraction of sp³-hybridized carbons (Fsp3) is 0.529. The molecule has 3 nitrogen and oxygen atoms in total. The second kappa shape index (κ2) is 7.83. The van der Waals surface area contributed by atoms with Gasteiger partial charge in [-0.1, -0.05) is 32.0 Å². The van der Waals surface area contributed by atoms with E-state index in [2.05, 4.69) is 47.7 Å². The average molecular weight is 308 g/mol. The lowest BCUT2D eigenvalue weighted by molar-refractivity contribution is 0.276. The van der Waals surface area contributed by atoms with Crippen LogP contribution in [0.1, 0.15) is 13.8 Å². The minimum absolute atomic E-state index is 0.517. The highest BCUT2D eigenvalue weighted by molar-refractivity contribution is 6.30. The van der Waals surface area contributed by atoms with Gasteiger partial charge in [0.05, 0.1) is 0 Å². The van der Waals surface area contributed by atoms with Crippen molar-refractivity contribution < 1.29 is 0 Å². The number of halogens is 1. The number of nitrogens with one attached hydrogen (secondary N) is 1. The number of nitrogens with zero attached hydrogens (tertiary/aromatic N) is 2. The van der Waals surface area contributed by atoms with Crippen molar-refractivity contribution in [3.63, 3.8) is 0 Å². The minimum atomic E-state index is 0.517. The summed E-state index contributed by atoms with van der Waals surface area (Å²) in [5.74, 6) is 0. The van der Waals surface area contributed by atoms with Crippen LogP contribution < -0.4 is 10.2 Å². The Balaban J connectivity index is 1.75. The maximum Gasteiger partial charge on any atom is 0.0407 e. The maximum absolute atomic E-state index is 5.94. The molecule has 1 aromatic carbocycles. The summed E-state index contributed by atoms with van der Waals surface area (Å²) in [5, 5.41) is 4.22. The van der Waals surface area contributed by atoms with E-state index in [1.807, 2.05) is 12.1 Å². The second-order valence-corrected chi connectivity index (χ2v) is 6.46. The molecule has 4 heteroatoms. The van der Waals surface area contributed by atoms with Crippen LogP contribution in [-0.4, -0.2) is 50.2 Å². The lowest BCUT2D eigenvalue weighted by Gasteiger charge is -2.36. The van der Waals surface area contributed by atoms with Crippen molar-refractivity contribution in [1.29, 1.82) is 0 Å². The summed E-state index contributed by atoms with van der Waals surface area (Å²) in [4.78, 5) is 4.90. The normalized spacial score (nSPS) is 16.5. The van der Waals surface area contributed by atoms with E-state index in [4.69, 9.17) is 11.6 Å². The van der Waals surface area contributed by atoms with Crippen LogP contribution in [0.15, 0.2) is 36.4 Å². The lowest BCUT2D eigenvalue weighted by atomic mass is 10.2. The van der Waals surface area contributed by atoms with Crippen LogP contribution in [0.25, 0.3) is 0 Å². The van der Waals surface area contributed by atoms with Crippen LogP contribution in [0.4, 0.5) is 5.69 Å². The minimum Gasteiger partial charge on any atom is -0.369 e. The molecule has 1 fully saturated rings. The first-order chi connectivity index (χ1) is 10.0. The molecule has 2 rings (SSSR count). The molecule has 0 radical (unpaired) electrons. The van der Waals surface area contributed by atoms with Gasteiger partial charge >= 0.3 is 0 Å². The van der Waals surface area contributed by atoms with Gasteiger partial charge in [0.1, 0.15) is 0 Å². The highest BCUT2D eigenvalue weighted by atomic mass is 35.5. The molecule has 1 aliphatic heterocycles. The molecule has 0 aromatic heterocycles. The molecule has 0 amide bonds. The molecule has 0 atom stereocenters. The fourth-order valence-corrected chi connectivity index (χ4v) is 2.66. The third-order valence-corrected chi connectivity index (χ3v) is 4.02. The summed E-state index contributed by atoms with van der Waals surface area (Å²) in [7, 11) is 0. The van der Waals surface area contributed by atoms with Gasteiger partial charge in [0.15, 0.2) is 0 Å². The number of hydrogen-bond acceptors (Lipinski definition) is 3. The molecule has 0 bridgehead atoms. The second-order valence-electron chi connectivity index (χ2n) is 6.03. The molecule has 0 saturated carbocycles. The Morgan fingerprint density at radius 1 is 1.19 bits per heavy atom. The Bertz CT molecular complexity index is 448. The number of hydrogen-bond donors (Lipinski definition) is 1. The van der Waals surface area contributed by atoms with Crippen molar-refractivity contribution in [2.45, 2.75) is 19.9 Å². The highest BCUT2D eigenvalue weighted by Gasteiger charge is 2.17. The van der Waals surface area contributed by atoms with Crippen LogP contribution in [-0.2, 0) is 0 Å². The van der Waals surface area contributed by atoms with Gasteiger partial charge in [0, 0.05) is 56.0 Å². The first-order valence-corrected chi connectivity index (χ1v) is 8.05. The maximum atomic E-state index is 5.94. The van der Waals surface area contributed by atoms with Gasteiger partial charge < -0.3 is 10.2 Å². The van der Waals surface area contributed by atoms with Gasteiger partial charge in [-0.15, -0.1) is 0 Å². The Morgan fingerprint density at radius 3 is 2.38 bits per heavy atom. The molecule has 0 aliphatic carbocycles. The van der Waals surface area contributed by atoms with Gasteiger partial charge in [-0.25, -0.2) is 0 Å². The SMILES string of the molecule is C=C(CNC(C)C)CN1CCN(c2ccc(Cl)cc2)CC1. The van der Waals surface area contributed by atoms with Crippen molar-refractivity contribution in [3.8, 4) is 0 Å². The van der Waals surface area contributed by atoms with E-state index in [1.54, 1.807) is 0 Å². The standard InChI is InChI=1S/C17H26ClN3/c1-14(2)19-12-15(3)13-20-8-10-21(11-9-20)17-6-4-16(18)5-7-17/h4-7,14,19H,3,8-13H2,1-2H3. The van der Waals surface area contributed by atoms with E-state index < -0.39 is 0 Å². The topological polar surface area (TPSA) is 18.5 Å². The predicted octanol–water partition coefficient (Wildman–Crippen LogP) is 3.02. The third kappa shape index (κ3) is 5.34.